The third-order valence-electron chi connectivity index (χ3n) is 5.78. The number of benzene rings is 4. The van der Waals surface area contributed by atoms with Crippen LogP contribution in [-0.2, 0) is 17.9 Å². The Morgan fingerprint density at radius 1 is 0.824 bits per heavy atom. The molecule has 0 aliphatic carbocycles. The quantitative estimate of drug-likeness (QED) is 0.289. The molecule has 0 spiro atoms. The Balaban J connectivity index is 1.47. The Hall–Kier alpha value is -3.83. The molecule has 0 saturated carbocycles. The van der Waals surface area contributed by atoms with E-state index in [0.717, 1.165) is 44.8 Å². The van der Waals surface area contributed by atoms with E-state index in [9.17, 15) is 9.59 Å². The molecule has 34 heavy (non-hydrogen) atoms. The lowest BCUT2D eigenvalue weighted by atomic mass is 10.0. The lowest BCUT2D eigenvalue weighted by Gasteiger charge is -2.14. The number of aryl methyl sites for hydroxylation is 1. The SMILES string of the molecule is Cc1ccc(CN2C(=O)SC(=Cc3c(OCc4ccccc4)ccc4ccccc34)C2=O)cc1. The second-order valence-electron chi connectivity index (χ2n) is 8.23. The van der Waals surface area contributed by atoms with Crippen LogP contribution in [0.4, 0.5) is 4.79 Å². The highest BCUT2D eigenvalue weighted by Gasteiger charge is 2.35. The summed E-state index contributed by atoms with van der Waals surface area (Å²) in [7, 11) is 0. The minimum atomic E-state index is -0.280. The number of hydrogen-bond acceptors (Lipinski definition) is 4. The Bertz CT molecular complexity index is 1390. The predicted molar refractivity (Wildman–Crippen MR) is 137 cm³/mol. The molecule has 0 radical (unpaired) electrons. The van der Waals surface area contributed by atoms with Crippen molar-refractivity contribution >= 4 is 39.8 Å². The third kappa shape index (κ3) is 4.61. The van der Waals surface area contributed by atoms with Gasteiger partial charge in [0.2, 0.25) is 0 Å². The van der Waals surface area contributed by atoms with Crippen molar-refractivity contribution in [1.29, 1.82) is 0 Å². The average molecular weight is 466 g/mol. The summed E-state index contributed by atoms with van der Waals surface area (Å²) in [6.07, 6.45) is 1.79. The number of fused-ring (bicyclic) bond motifs is 1. The van der Waals surface area contributed by atoms with E-state index in [1.54, 1.807) is 6.08 Å². The molecule has 0 aromatic heterocycles. The molecular weight excluding hydrogens is 442 g/mol. The average Bonchev–Trinajstić information content (AvgIpc) is 3.12. The molecular formula is C29H23NO3S. The van der Waals surface area contributed by atoms with Gasteiger partial charge in [-0.15, -0.1) is 0 Å². The predicted octanol–water partition coefficient (Wildman–Crippen LogP) is 6.96. The summed E-state index contributed by atoms with van der Waals surface area (Å²) in [5.74, 6) is 0.394. The van der Waals surface area contributed by atoms with E-state index in [1.807, 2.05) is 97.9 Å². The van der Waals surface area contributed by atoms with Crippen LogP contribution in [0.5, 0.6) is 5.75 Å². The molecule has 4 nitrogen and oxygen atoms in total. The van der Waals surface area contributed by atoms with Crippen LogP contribution in [-0.4, -0.2) is 16.0 Å². The van der Waals surface area contributed by atoms with Gasteiger partial charge in [0.1, 0.15) is 12.4 Å². The van der Waals surface area contributed by atoms with Crippen LogP contribution in [0.25, 0.3) is 16.8 Å². The number of carbonyl (C=O) groups excluding carboxylic acids is 2. The zero-order chi connectivity index (χ0) is 23.5. The van der Waals surface area contributed by atoms with Gasteiger partial charge in [-0.2, -0.15) is 0 Å². The van der Waals surface area contributed by atoms with Crippen molar-refractivity contribution in [3.05, 3.63) is 118 Å². The Morgan fingerprint density at radius 2 is 1.56 bits per heavy atom. The first kappa shape index (κ1) is 22.0. The molecule has 0 unspecified atom stereocenters. The molecule has 0 bridgehead atoms. The summed E-state index contributed by atoms with van der Waals surface area (Å²) in [6, 6.07) is 29.7. The van der Waals surface area contributed by atoms with Gasteiger partial charge in [0.05, 0.1) is 11.4 Å². The molecule has 4 aromatic carbocycles. The number of thioether (sulfide) groups is 1. The normalized spacial score (nSPS) is 14.9. The van der Waals surface area contributed by atoms with E-state index in [1.165, 1.54) is 4.90 Å². The van der Waals surface area contributed by atoms with Crippen molar-refractivity contribution in [3.63, 3.8) is 0 Å². The van der Waals surface area contributed by atoms with Gasteiger partial charge in [0.15, 0.2) is 0 Å². The van der Waals surface area contributed by atoms with Crippen LogP contribution in [0.2, 0.25) is 0 Å². The van der Waals surface area contributed by atoms with Crippen LogP contribution in [0.3, 0.4) is 0 Å². The van der Waals surface area contributed by atoms with Crippen molar-refractivity contribution in [3.8, 4) is 5.75 Å². The molecule has 168 valence electrons. The summed E-state index contributed by atoms with van der Waals surface area (Å²) < 4.78 is 6.17. The van der Waals surface area contributed by atoms with E-state index in [4.69, 9.17) is 4.74 Å². The number of imide groups is 1. The van der Waals surface area contributed by atoms with Crippen molar-refractivity contribution in [2.75, 3.05) is 0 Å². The molecule has 1 fully saturated rings. The van der Waals surface area contributed by atoms with E-state index in [-0.39, 0.29) is 17.7 Å². The number of carbonyl (C=O) groups is 2. The van der Waals surface area contributed by atoms with E-state index in [2.05, 4.69) is 0 Å². The number of amides is 2. The highest BCUT2D eigenvalue weighted by Crippen LogP contribution is 2.37. The fourth-order valence-corrected chi connectivity index (χ4v) is 4.75. The minimum Gasteiger partial charge on any atom is -0.488 e. The summed E-state index contributed by atoms with van der Waals surface area (Å²) in [5, 5.41) is 1.75. The Morgan fingerprint density at radius 3 is 2.35 bits per heavy atom. The molecule has 1 aliphatic rings. The second kappa shape index (κ2) is 9.57. The van der Waals surface area contributed by atoms with Crippen molar-refractivity contribution in [2.24, 2.45) is 0 Å². The van der Waals surface area contributed by atoms with Crippen LogP contribution in [0.15, 0.2) is 95.9 Å². The lowest BCUT2D eigenvalue weighted by Crippen LogP contribution is -2.27. The monoisotopic (exact) mass is 465 g/mol. The van der Waals surface area contributed by atoms with Crippen LogP contribution < -0.4 is 4.74 Å². The van der Waals surface area contributed by atoms with Crippen LogP contribution in [0, 0.1) is 6.92 Å². The van der Waals surface area contributed by atoms with Gasteiger partial charge in [-0.1, -0.05) is 90.5 Å². The first-order valence-electron chi connectivity index (χ1n) is 11.1. The van der Waals surface area contributed by atoms with Gasteiger partial charge < -0.3 is 4.74 Å². The van der Waals surface area contributed by atoms with Gasteiger partial charge in [-0.3, -0.25) is 14.5 Å². The second-order valence-corrected chi connectivity index (χ2v) is 9.22. The maximum absolute atomic E-state index is 13.2. The highest BCUT2D eigenvalue weighted by molar-refractivity contribution is 8.18. The Kier molecular flexibility index (Phi) is 6.19. The molecule has 1 heterocycles. The van der Waals surface area contributed by atoms with E-state index < -0.39 is 0 Å². The molecule has 5 heteroatoms. The first-order valence-corrected chi connectivity index (χ1v) is 11.9. The minimum absolute atomic E-state index is 0.259. The van der Waals surface area contributed by atoms with Gasteiger partial charge in [-0.25, -0.2) is 0 Å². The van der Waals surface area contributed by atoms with Crippen LogP contribution >= 0.6 is 11.8 Å². The fraction of sp³-hybridized carbons (Fsp3) is 0.103. The maximum Gasteiger partial charge on any atom is 0.293 e. The maximum atomic E-state index is 13.2. The first-order chi connectivity index (χ1) is 16.6. The zero-order valence-electron chi connectivity index (χ0n) is 18.7. The van der Waals surface area contributed by atoms with E-state index in [0.29, 0.717) is 17.3 Å². The summed E-state index contributed by atoms with van der Waals surface area (Å²) >= 11 is 0.974. The molecule has 0 atom stereocenters. The summed E-state index contributed by atoms with van der Waals surface area (Å²) in [5.41, 5.74) is 3.91. The number of ether oxygens (including phenoxy) is 1. The topological polar surface area (TPSA) is 46.6 Å². The zero-order valence-corrected chi connectivity index (χ0v) is 19.5. The lowest BCUT2D eigenvalue weighted by molar-refractivity contribution is -0.123. The van der Waals surface area contributed by atoms with Crippen molar-refractivity contribution in [2.45, 2.75) is 20.1 Å². The van der Waals surface area contributed by atoms with Gasteiger partial charge >= 0.3 is 0 Å². The van der Waals surface area contributed by atoms with Crippen molar-refractivity contribution in [1.82, 2.24) is 4.90 Å². The number of hydrogen-bond donors (Lipinski definition) is 0. The summed E-state index contributed by atoms with van der Waals surface area (Å²) in [4.78, 5) is 27.6. The molecule has 1 saturated heterocycles. The molecule has 0 N–H and O–H groups in total. The molecule has 4 aromatic rings. The smallest absolute Gasteiger partial charge is 0.293 e. The van der Waals surface area contributed by atoms with Gasteiger partial charge in [0, 0.05) is 5.56 Å². The Labute approximate surface area is 202 Å². The number of rotatable bonds is 6. The third-order valence-corrected chi connectivity index (χ3v) is 6.69. The van der Waals surface area contributed by atoms with Gasteiger partial charge in [-0.05, 0) is 52.7 Å². The standard InChI is InChI=1S/C29H23NO3S/c1-20-11-13-21(14-12-20)18-30-28(31)27(34-29(30)32)17-25-24-10-6-5-9-23(24)15-16-26(25)33-19-22-7-3-2-4-8-22/h2-17H,18-19H2,1H3. The molecule has 2 amide bonds. The largest absolute Gasteiger partial charge is 0.488 e. The van der Waals surface area contributed by atoms with E-state index >= 15 is 0 Å². The number of nitrogens with zero attached hydrogens (tertiary/aromatic N) is 1. The molecule has 1 aliphatic heterocycles. The molecule has 5 rings (SSSR count). The fourth-order valence-electron chi connectivity index (χ4n) is 3.93. The van der Waals surface area contributed by atoms with Crippen LogP contribution in [0.1, 0.15) is 22.3 Å². The highest BCUT2D eigenvalue weighted by atomic mass is 32.2. The van der Waals surface area contributed by atoms with Gasteiger partial charge in [0.25, 0.3) is 11.1 Å². The van der Waals surface area contributed by atoms with Crippen molar-refractivity contribution < 1.29 is 14.3 Å². The summed E-state index contributed by atoms with van der Waals surface area (Å²) in [6.45, 7) is 2.68.